The molecule has 1 aromatic carbocycles. The standard InChI is InChI=1S/C27H38N4O7/c1-9-17-13-11-12-14-18(17)22(23(34)29-16-21(33)37-8)31(27(6,7)10-2)24(35)19(15-20(28)32)30-25(36)38-26(3,4)5/h1,11-14,19,22H,10,15-16H2,2-8H3,(H2,28,32)(H,29,34)(H,30,36). The second kappa shape index (κ2) is 13.5. The van der Waals surface area contributed by atoms with Gasteiger partial charge < -0.3 is 30.7 Å². The normalized spacial score (nSPS) is 12.8. The number of ether oxygens (including phenoxy) is 2. The molecule has 2 unspecified atom stereocenters. The second-order valence-electron chi connectivity index (χ2n) is 10.2. The first-order chi connectivity index (χ1) is 17.6. The zero-order chi connectivity index (χ0) is 29.3. The van der Waals surface area contributed by atoms with E-state index >= 15 is 0 Å². The van der Waals surface area contributed by atoms with Crippen molar-refractivity contribution in [3.05, 3.63) is 35.4 Å². The van der Waals surface area contributed by atoms with E-state index in [-0.39, 0.29) is 0 Å². The van der Waals surface area contributed by atoms with Crippen molar-refractivity contribution in [2.75, 3.05) is 13.7 Å². The van der Waals surface area contributed by atoms with Crippen LogP contribution in [0.5, 0.6) is 0 Å². The van der Waals surface area contributed by atoms with Crippen molar-refractivity contribution >= 4 is 29.8 Å². The van der Waals surface area contributed by atoms with Crippen molar-refractivity contribution in [3.8, 4) is 12.3 Å². The third-order valence-corrected chi connectivity index (χ3v) is 5.70. The Bertz CT molecular complexity index is 1090. The Morgan fingerprint density at radius 2 is 1.71 bits per heavy atom. The van der Waals surface area contributed by atoms with E-state index < -0.39 is 66.0 Å². The van der Waals surface area contributed by atoms with E-state index in [1.165, 1.54) is 12.0 Å². The van der Waals surface area contributed by atoms with Crippen molar-refractivity contribution in [2.24, 2.45) is 5.73 Å². The molecule has 0 aromatic heterocycles. The van der Waals surface area contributed by atoms with Crippen molar-refractivity contribution in [1.29, 1.82) is 0 Å². The minimum absolute atomic E-state index is 0.308. The van der Waals surface area contributed by atoms with Crippen LogP contribution in [0, 0.1) is 12.3 Å². The van der Waals surface area contributed by atoms with Gasteiger partial charge in [0.1, 0.15) is 24.2 Å². The van der Waals surface area contributed by atoms with Crippen LogP contribution in [-0.2, 0) is 28.7 Å². The van der Waals surface area contributed by atoms with Gasteiger partial charge in [-0.05, 0) is 52.7 Å². The number of amides is 4. The van der Waals surface area contributed by atoms with Crippen LogP contribution >= 0.6 is 0 Å². The molecule has 2 atom stereocenters. The highest BCUT2D eigenvalue weighted by molar-refractivity contribution is 5.96. The molecule has 0 spiro atoms. The number of primary amides is 1. The molecule has 11 heteroatoms. The first-order valence-corrected chi connectivity index (χ1v) is 12.1. The largest absolute Gasteiger partial charge is 0.468 e. The van der Waals surface area contributed by atoms with E-state index in [2.05, 4.69) is 21.3 Å². The number of methoxy groups -OCH3 is 1. The highest BCUT2D eigenvalue weighted by atomic mass is 16.6. The Morgan fingerprint density at radius 1 is 1.11 bits per heavy atom. The Morgan fingerprint density at radius 3 is 2.21 bits per heavy atom. The maximum absolute atomic E-state index is 14.1. The number of nitrogens with two attached hydrogens (primary N) is 1. The van der Waals surface area contributed by atoms with Gasteiger partial charge in [-0.25, -0.2) is 4.79 Å². The number of esters is 1. The minimum atomic E-state index is -1.46. The Hall–Kier alpha value is -4.07. The van der Waals surface area contributed by atoms with Crippen LogP contribution in [0.2, 0.25) is 0 Å². The van der Waals surface area contributed by atoms with E-state index in [0.29, 0.717) is 17.5 Å². The molecule has 38 heavy (non-hydrogen) atoms. The van der Waals surface area contributed by atoms with Gasteiger partial charge in [0.25, 0.3) is 0 Å². The summed E-state index contributed by atoms with van der Waals surface area (Å²) >= 11 is 0. The average molecular weight is 531 g/mol. The zero-order valence-electron chi connectivity index (χ0n) is 23.0. The molecule has 1 aromatic rings. The highest BCUT2D eigenvalue weighted by Gasteiger charge is 2.44. The molecule has 4 amide bonds. The number of hydrogen-bond donors (Lipinski definition) is 3. The summed E-state index contributed by atoms with van der Waals surface area (Å²) in [6.07, 6.45) is 4.58. The molecule has 0 aliphatic heterocycles. The van der Waals surface area contributed by atoms with Gasteiger partial charge in [0.2, 0.25) is 17.7 Å². The van der Waals surface area contributed by atoms with E-state index in [0.717, 1.165) is 0 Å². The molecule has 0 aliphatic rings. The molecular formula is C27H38N4O7. The lowest BCUT2D eigenvalue weighted by molar-refractivity contribution is -0.150. The van der Waals surface area contributed by atoms with E-state index in [1.807, 2.05) is 0 Å². The molecule has 0 aliphatic carbocycles. The third-order valence-electron chi connectivity index (χ3n) is 5.70. The number of benzene rings is 1. The lowest BCUT2D eigenvalue weighted by atomic mass is 9.90. The van der Waals surface area contributed by atoms with E-state index in [4.69, 9.17) is 16.9 Å². The fourth-order valence-electron chi connectivity index (χ4n) is 3.56. The fourth-order valence-corrected chi connectivity index (χ4v) is 3.56. The van der Waals surface area contributed by atoms with Crippen molar-refractivity contribution < 1.29 is 33.4 Å². The van der Waals surface area contributed by atoms with Crippen molar-refractivity contribution in [1.82, 2.24) is 15.5 Å². The summed E-state index contributed by atoms with van der Waals surface area (Å²) in [5, 5.41) is 4.90. The van der Waals surface area contributed by atoms with Crippen LogP contribution in [-0.4, -0.2) is 65.5 Å². The van der Waals surface area contributed by atoms with Crippen molar-refractivity contribution in [2.45, 2.75) is 77.6 Å². The number of rotatable bonds is 11. The molecule has 0 saturated heterocycles. The van der Waals surface area contributed by atoms with Crippen LogP contribution < -0.4 is 16.4 Å². The maximum atomic E-state index is 14.1. The first kappa shape index (κ1) is 32.0. The third kappa shape index (κ3) is 9.10. The summed E-state index contributed by atoms with van der Waals surface area (Å²) in [5.74, 6) is -0.533. The fraction of sp³-hybridized carbons (Fsp3) is 0.519. The summed E-state index contributed by atoms with van der Waals surface area (Å²) in [4.78, 5) is 65.2. The number of carbonyl (C=O) groups excluding carboxylic acids is 5. The Balaban J connectivity index is 3.74. The first-order valence-electron chi connectivity index (χ1n) is 12.1. The molecule has 208 valence electrons. The quantitative estimate of drug-likeness (QED) is 0.291. The van der Waals surface area contributed by atoms with Gasteiger partial charge in [0.05, 0.1) is 13.5 Å². The van der Waals surface area contributed by atoms with Crippen LogP contribution in [0.25, 0.3) is 0 Å². The van der Waals surface area contributed by atoms with Gasteiger partial charge in [-0.3, -0.25) is 19.2 Å². The predicted octanol–water partition coefficient (Wildman–Crippen LogP) is 1.78. The number of nitrogens with zero attached hydrogens (tertiary/aromatic N) is 1. The molecule has 11 nitrogen and oxygen atoms in total. The van der Waals surface area contributed by atoms with Gasteiger partial charge in [0.15, 0.2) is 0 Å². The van der Waals surface area contributed by atoms with Gasteiger partial charge in [-0.15, -0.1) is 6.42 Å². The van der Waals surface area contributed by atoms with Gasteiger partial charge in [-0.2, -0.15) is 0 Å². The van der Waals surface area contributed by atoms with Crippen LogP contribution in [0.4, 0.5) is 4.79 Å². The number of terminal acetylenes is 1. The Kier molecular flexibility index (Phi) is 11.3. The van der Waals surface area contributed by atoms with Crippen molar-refractivity contribution in [3.63, 3.8) is 0 Å². The lowest BCUT2D eigenvalue weighted by Gasteiger charge is -2.44. The van der Waals surface area contributed by atoms with Gasteiger partial charge in [-0.1, -0.05) is 31.0 Å². The molecule has 0 radical (unpaired) electrons. The summed E-state index contributed by atoms with van der Waals surface area (Å²) in [5.41, 5.74) is 4.17. The smallest absolute Gasteiger partial charge is 0.408 e. The number of alkyl carbamates (subject to hydrolysis) is 1. The average Bonchev–Trinajstić information content (AvgIpc) is 2.83. The SMILES string of the molecule is C#Cc1ccccc1C(C(=O)NCC(=O)OC)N(C(=O)C(CC(N)=O)NC(=O)OC(C)(C)C)C(C)(C)CC. The van der Waals surface area contributed by atoms with Gasteiger partial charge >= 0.3 is 12.1 Å². The maximum Gasteiger partial charge on any atom is 0.408 e. The monoisotopic (exact) mass is 530 g/mol. The predicted molar refractivity (Wildman–Crippen MR) is 140 cm³/mol. The molecule has 1 rings (SSSR count). The number of hydrogen-bond acceptors (Lipinski definition) is 7. The summed E-state index contributed by atoms with van der Waals surface area (Å²) in [6, 6.07) is 3.73. The topological polar surface area (TPSA) is 157 Å². The van der Waals surface area contributed by atoms with E-state index in [1.54, 1.807) is 65.8 Å². The summed E-state index contributed by atoms with van der Waals surface area (Å²) in [7, 11) is 1.17. The highest BCUT2D eigenvalue weighted by Crippen LogP contribution is 2.33. The van der Waals surface area contributed by atoms with Crippen LogP contribution in [0.1, 0.15) is 71.6 Å². The zero-order valence-corrected chi connectivity index (χ0v) is 23.0. The molecule has 0 fully saturated rings. The molecule has 0 saturated carbocycles. The van der Waals surface area contributed by atoms with E-state index in [9.17, 15) is 24.0 Å². The molecule has 0 heterocycles. The molecule has 0 bridgehead atoms. The van der Waals surface area contributed by atoms with Crippen LogP contribution in [0.15, 0.2) is 24.3 Å². The molecular weight excluding hydrogens is 492 g/mol. The second-order valence-corrected chi connectivity index (χ2v) is 10.2. The summed E-state index contributed by atoms with van der Waals surface area (Å²) in [6.45, 7) is 9.71. The minimum Gasteiger partial charge on any atom is -0.468 e. The number of nitrogens with one attached hydrogen (secondary N) is 2. The van der Waals surface area contributed by atoms with Crippen LogP contribution in [0.3, 0.4) is 0 Å². The molecule has 4 N–H and O–H groups in total. The lowest BCUT2D eigenvalue weighted by Crippen LogP contribution is -2.60. The number of carbonyl (C=O) groups is 5. The van der Waals surface area contributed by atoms with Gasteiger partial charge in [0, 0.05) is 11.1 Å². The Labute approximate surface area is 223 Å². The summed E-state index contributed by atoms with van der Waals surface area (Å²) < 4.78 is 9.88.